The molecule has 0 amide bonds. The van der Waals surface area contributed by atoms with Crippen LogP contribution in [0.25, 0.3) is 0 Å². The van der Waals surface area contributed by atoms with E-state index < -0.39 is 5.60 Å². The summed E-state index contributed by atoms with van der Waals surface area (Å²) < 4.78 is 0. The summed E-state index contributed by atoms with van der Waals surface area (Å²) in [5, 5.41) is 10.4. The highest BCUT2D eigenvalue weighted by Gasteiger charge is 2.65. The molecule has 0 aliphatic heterocycles. The molecule has 2 rings (SSSR count). The molecule has 2 aliphatic rings. The van der Waals surface area contributed by atoms with Crippen molar-refractivity contribution in [2.75, 3.05) is 6.54 Å². The highest BCUT2D eigenvalue weighted by Crippen LogP contribution is 2.64. The quantitative estimate of drug-likeness (QED) is 0.651. The zero-order chi connectivity index (χ0) is 8.98. The van der Waals surface area contributed by atoms with Gasteiger partial charge in [-0.3, -0.25) is 0 Å². The number of aliphatic hydroxyl groups is 1. The summed E-state index contributed by atoms with van der Waals surface area (Å²) in [6.45, 7) is 5.04. The molecule has 2 nitrogen and oxygen atoms in total. The third kappa shape index (κ3) is 0.775. The third-order valence-electron chi connectivity index (χ3n) is 4.40. The van der Waals surface area contributed by atoms with Crippen LogP contribution in [0.5, 0.6) is 0 Å². The Kier molecular flexibility index (Phi) is 1.59. The predicted octanol–water partition coefficient (Wildman–Crippen LogP) is 1.13. The molecular formula is C10H19NO. The summed E-state index contributed by atoms with van der Waals surface area (Å²) in [4.78, 5) is 0. The summed E-state index contributed by atoms with van der Waals surface area (Å²) in [6, 6.07) is 0. The monoisotopic (exact) mass is 169 g/mol. The van der Waals surface area contributed by atoms with E-state index in [-0.39, 0.29) is 5.41 Å². The molecule has 12 heavy (non-hydrogen) atoms. The average molecular weight is 169 g/mol. The Hall–Kier alpha value is -0.0800. The minimum Gasteiger partial charge on any atom is -0.389 e. The van der Waals surface area contributed by atoms with Crippen LogP contribution in [0.15, 0.2) is 0 Å². The fourth-order valence-electron chi connectivity index (χ4n) is 2.83. The topological polar surface area (TPSA) is 46.2 Å². The normalized spacial score (nSPS) is 50.0. The van der Waals surface area contributed by atoms with E-state index in [0.29, 0.717) is 18.4 Å². The Labute approximate surface area is 74.1 Å². The van der Waals surface area contributed by atoms with Crippen LogP contribution >= 0.6 is 0 Å². The zero-order valence-electron chi connectivity index (χ0n) is 8.01. The Balaban J connectivity index is 2.13. The van der Waals surface area contributed by atoms with E-state index in [1.54, 1.807) is 0 Å². The second-order valence-corrected chi connectivity index (χ2v) is 4.88. The molecule has 3 N–H and O–H groups in total. The lowest BCUT2D eigenvalue weighted by Crippen LogP contribution is -2.59. The lowest BCUT2D eigenvalue weighted by Gasteiger charge is -2.54. The van der Waals surface area contributed by atoms with Gasteiger partial charge in [0.05, 0.1) is 5.60 Å². The molecule has 0 spiro atoms. The molecule has 0 aromatic heterocycles. The highest BCUT2D eigenvalue weighted by atomic mass is 16.3. The van der Waals surface area contributed by atoms with E-state index in [0.717, 1.165) is 19.3 Å². The van der Waals surface area contributed by atoms with Gasteiger partial charge in [0.2, 0.25) is 0 Å². The van der Waals surface area contributed by atoms with Crippen LogP contribution in [0, 0.1) is 17.3 Å². The van der Waals surface area contributed by atoms with Crippen LogP contribution in [0.4, 0.5) is 0 Å². The van der Waals surface area contributed by atoms with Crippen molar-refractivity contribution in [1.29, 1.82) is 0 Å². The van der Waals surface area contributed by atoms with Gasteiger partial charge in [0.1, 0.15) is 0 Å². The van der Waals surface area contributed by atoms with Crippen molar-refractivity contribution in [1.82, 2.24) is 0 Å². The van der Waals surface area contributed by atoms with E-state index in [9.17, 15) is 5.11 Å². The molecule has 3 atom stereocenters. The van der Waals surface area contributed by atoms with Crippen molar-refractivity contribution in [3.63, 3.8) is 0 Å². The molecule has 2 fully saturated rings. The molecule has 2 saturated carbocycles. The van der Waals surface area contributed by atoms with Crippen LogP contribution in [0.2, 0.25) is 0 Å². The van der Waals surface area contributed by atoms with Crippen LogP contribution in [0.3, 0.4) is 0 Å². The molecule has 3 unspecified atom stereocenters. The molecule has 2 heteroatoms. The van der Waals surface area contributed by atoms with Crippen LogP contribution in [-0.2, 0) is 0 Å². The molecule has 0 aromatic carbocycles. The van der Waals surface area contributed by atoms with Gasteiger partial charge in [0, 0.05) is 12.0 Å². The molecule has 0 heterocycles. The maximum atomic E-state index is 10.4. The van der Waals surface area contributed by atoms with Crippen molar-refractivity contribution < 1.29 is 5.11 Å². The summed E-state index contributed by atoms with van der Waals surface area (Å²) in [5.41, 5.74) is 5.41. The van der Waals surface area contributed by atoms with E-state index in [2.05, 4.69) is 13.8 Å². The number of nitrogens with two attached hydrogens (primary N) is 1. The minimum atomic E-state index is -0.416. The van der Waals surface area contributed by atoms with Gasteiger partial charge in [-0.05, 0) is 31.1 Å². The van der Waals surface area contributed by atoms with E-state index in [1.807, 2.05) is 0 Å². The summed E-state index contributed by atoms with van der Waals surface area (Å²) in [6.07, 6.45) is 3.24. The van der Waals surface area contributed by atoms with Crippen molar-refractivity contribution >= 4 is 0 Å². The smallest absolute Gasteiger partial charge is 0.0746 e. The van der Waals surface area contributed by atoms with Crippen LogP contribution in [-0.4, -0.2) is 17.3 Å². The van der Waals surface area contributed by atoms with Gasteiger partial charge < -0.3 is 10.8 Å². The van der Waals surface area contributed by atoms with Crippen LogP contribution in [0.1, 0.15) is 33.1 Å². The van der Waals surface area contributed by atoms with Crippen molar-refractivity contribution in [2.45, 2.75) is 38.7 Å². The maximum Gasteiger partial charge on any atom is 0.0746 e. The molecule has 0 aromatic rings. The maximum absolute atomic E-state index is 10.4. The fourth-order valence-corrected chi connectivity index (χ4v) is 2.83. The predicted molar refractivity (Wildman–Crippen MR) is 48.6 cm³/mol. The Morgan fingerprint density at radius 1 is 1.42 bits per heavy atom. The lowest BCUT2D eigenvalue weighted by molar-refractivity contribution is -0.172. The van der Waals surface area contributed by atoms with E-state index >= 15 is 0 Å². The minimum absolute atomic E-state index is 0.110. The second-order valence-electron chi connectivity index (χ2n) is 4.88. The van der Waals surface area contributed by atoms with Crippen molar-refractivity contribution in [3.05, 3.63) is 0 Å². The Bertz CT molecular complexity index is 200. The molecule has 70 valence electrons. The number of rotatable bonds is 2. The van der Waals surface area contributed by atoms with Gasteiger partial charge in [-0.2, -0.15) is 0 Å². The van der Waals surface area contributed by atoms with Gasteiger partial charge in [-0.25, -0.2) is 0 Å². The van der Waals surface area contributed by atoms with Crippen LogP contribution < -0.4 is 5.73 Å². The molecular weight excluding hydrogens is 150 g/mol. The second kappa shape index (κ2) is 2.24. The zero-order valence-corrected chi connectivity index (χ0v) is 8.01. The number of hydrogen-bond acceptors (Lipinski definition) is 2. The van der Waals surface area contributed by atoms with Crippen molar-refractivity contribution in [2.24, 2.45) is 23.0 Å². The molecule has 0 radical (unpaired) electrons. The first-order valence-corrected chi connectivity index (χ1v) is 4.98. The van der Waals surface area contributed by atoms with Gasteiger partial charge >= 0.3 is 0 Å². The van der Waals surface area contributed by atoms with Gasteiger partial charge in [-0.1, -0.05) is 13.8 Å². The third-order valence-corrected chi connectivity index (χ3v) is 4.40. The first kappa shape index (κ1) is 8.52. The van der Waals surface area contributed by atoms with Gasteiger partial charge in [-0.15, -0.1) is 0 Å². The molecule has 0 saturated heterocycles. The van der Waals surface area contributed by atoms with Gasteiger partial charge in [0.15, 0.2) is 0 Å². The SMILES string of the molecule is CC1CC(O)(C2(CN)CC2)C1C. The van der Waals surface area contributed by atoms with Gasteiger partial charge in [0.25, 0.3) is 0 Å². The standard InChI is InChI=1S/C10H19NO/c1-7-5-10(12,8(7)2)9(6-11)3-4-9/h7-8,12H,3-6,11H2,1-2H3. The summed E-state index contributed by atoms with van der Waals surface area (Å²) >= 11 is 0. The molecule has 0 bridgehead atoms. The Morgan fingerprint density at radius 3 is 2.25 bits per heavy atom. The van der Waals surface area contributed by atoms with E-state index in [4.69, 9.17) is 5.73 Å². The summed E-state index contributed by atoms with van der Waals surface area (Å²) in [5.74, 6) is 1.13. The largest absolute Gasteiger partial charge is 0.389 e. The number of hydrogen-bond donors (Lipinski definition) is 2. The summed E-state index contributed by atoms with van der Waals surface area (Å²) in [7, 11) is 0. The first-order chi connectivity index (χ1) is 5.56. The Morgan fingerprint density at radius 2 is 2.00 bits per heavy atom. The lowest BCUT2D eigenvalue weighted by atomic mass is 9.56. The van der Waals surface area contributed by atoms with Crippen molar-refractivity contribution in [3.8, 4) is 0 Å². The highest BCUT2D eigenvalue weighted by molar-refractivity contribution is 5.16. The van der Waals surface area contributed by atoms with E-state index in [1.165, 1.54) is 0 Å². The first-order valence-electron chi connectivity index (χ1n) is 4.98. The fraction of sp³-hybridized carbons (Fsp3) is 1.00. The average Bonchev–Trinajstić information content (AvgIpc) is 2.84. The molecule has 2 aliphatic carbocycles.